The summed E-state index contributed by atoms with van der Waals surface area (Å²) in [6.07, 6.45) is 3.60. The van der Waals surface area contributed by atoms with Crippen molar-refractivity contribution in [2.24, 2.45) is 23.5 Å². The highest BCUT2D eigenvalue weighted by atomic mass is 16.5. The summed E-state index contributed by atoms with van der Waals surface area (Å²) < 4.78 is 11.6. The van der Waals surface area contributed by atoms with Gasteiger partial charge in [0.1, 0.15) is 5.60 Å². The molecule has 1 amide bonds. The fourth-order valence-electron chi connectivity index (χ4n) is 5.27. The Morgan fingerprint density at radius 3 is 2.60 bits per heavy atom. The third-order valence-corrected chi connectivity index (χ3v) is 6.43. The zero-order chi connectivity index (χ0) is 17.4. The van der Waals surface area contributed by atoms with Crippen molar-refractivity contribution in [2.45, 2.75) is 24.9 Å². The van der Waals surface area contributed by atoms with Crippen LogP contribution in [0.3, 0.4) is 0 Å². The van der Waals surface area contributed by atoms with Crippen molar-refractivity contribution in [2.75, 3.05) is 40.0 Å². The molecule has 2 N–H and O–H groups in total. The number of likely N-dealkylation sites (tertiary alicyclic amines) is 1. The Morgan fingerprint density at radius 2 is 2.04 bits per heavy atom. The molecule has 5 heteroatoms. The lowest BCUT2D eigenvalue weighted by Crippen LogP contribution is -2.60. The summed E-state index contributed by atoms with van der Waals surface area (Å²) in [5.74, 6) is 1.22. The molecule has 4 rings (SSSR count). The van der Waals surface area contributed by atoms with Gasteiger partial charge in [0, 0.05) is 50.1 Å². The highest BCUT2D eigenvalue weighted by Gasteiger charge is 2.53. The van der Waals surface area contributed by atoms with Gasteiger partial charge in [0.25, 0.3) is 0 Å². The van der Waals surface area contributed by atoms with Crippen LogP contribution in [0.4, 0.5) is 0 Å². The lowest BCUT2D eigenvalue weighted by Gasteiger charge is -2.56. The summed E-state index contributed by atoms with van der Waals surface area (Å²) >= 11 is 0. The molecule has 25 heavy (non-hydrogen) atoms. The minimum absolute atomic E-state index is 0.295. The van der Waals surface area contributed by atoms with Gasteiger partial charge < -0.3 is 20.1 Å². The Kier molecular flexibility index (Phi) is 4.56. The first-order valence-electron chi connectivity index (χ1n) is 9.39. The molecule has 2 bridgehead atoms. The van der Waals surface area contributed by atoms with E-state index in [-0.39, 0.29) is 11.5 Å². The Morgan fingerprint density at radius 1 is 1.32 bits per heavy atom. The quantitative estimate of drug-likeness (QED) is 0.887. The normalized spacial score (nSPS) is 33.0. The number of benzene rings is 1. The van der Waals surface area contributed by atoms with Gasteiger partial charge >= 0.3 is 0 Å². The van der Waals surface area contributed by atoms with Gasteiger partial charge in [-0.25, -0.2) is 0 Å². The number of primary amides is 1. The Bertz CT molecular complexity index is 630. The lowest BCUT2D eigenvalue weighted by atomic mass is 9.62. The van der Waals surface area contributed by atoms with Gasteiger partial charge in [-0.1, -0.05) is 18.6 Å². The first-order valence-corrected chi connectivity index (χ1v) is 9.39. The molecule has 1 unspecified atom stereocenters. The number of nitrogens with zero attached hydrogens (tertiary/aromatic N) is 1. The fraction of sp³-hybridized carbons (Fsp3) is 0.650. The first kappa shape index (κ1) is 17.0. The summed E-state index contributed by atoms with van der Waals surface area (Å²) in [6.45, 7) is 5.06. The van der Waals surface area contributed by atoms with Crippen molar-refractivity contribution in [1.82, 2.24) is 4.90 Å². The molecule has 1 aliphatic carbocycles. The van der Waals surface area contributed by atoms with Gasteiger partial charge in [0.15, 0.2) is 0 Å². The van der Waals surface area contributed by atoms with Crippen molar-refractivity contribution in [3.63, 3.8) is 0 Å². The van der Waals surface area contributed by atoms with Crippen LogP contribution in [-0.4, -0.2) is 50.8 Å². The number of amides is 1. The smallest absolute Gasteiger partial charge is 0.248 e. The minimum atomic E-state index is -0.374. The first-order chi connectivity index (χ1) is 12.1. The molecule has 3 atom stereocenters. The SMILES string of the molecule is COC1(c2cccc(C(N)=O)c2)[C@@H]2CCC[C@H]1CN(CC1COC1)C2. The number of methoxy groups -OCH3 is 1. The van der Waals surface area contributed by atoms with Gasteiger partial charge in [-0.3, -0.25) is 4.79 Å². The zero-order valence-electron chi connectivity index (χ0n) is 14.9. The highest BCUT2D eigenvalue weighted by Crippen LogP contribution is 2.51. The molecule has 3 aliphatic rings. The van der Waals surface area contributed by atoms with E-state index in [9.17, 15) is 4.79 Å². The molecule has 2 heterocycles. The largest absolute Gasteiger partial charge is 0.381 e. The van der Waals surface area contributed by atoms with Crippen LogP contribution in [0.25, 0.3) is 0 Å². The summed E-state index contributed by atoms with van der Waals surface area (Å²) in [5.41, 5.74) is 6.90. The summed E-state index contributed by atoms with van der Waals surface area (Å²) in [6, 6.07) is 7.78. The van der Waals surface area contributed by atoms with Crippen LogP contribution in [-0.2, 0) is 15.1 Å². The highest BCUT2D eigenvalue weighted by molar-refractivity contribution is 5.92. The molecular weight excluding hydrogens is 316 g/mol. The molecule has 5 nitrogen and oxygen atoms in total. The maximum atomic E-state index is 11.6. The van der Waals surface area contributed by atoms with Crippen molar-refractivity contribution < 1.29 is 14.3 Å². The number of hydrogen-bond acceptors (Lipinski definition) is 4. The average molecular weight is 344 g/mol. The number of ether oxygens (including phenoxy) is 2. The van der Waals surface area contributed by atoms with E-state index < -0.39 is 0 Å². The standard InChI is InChI=1S/C20H28N2O3/c1-24-20(16-5-2-4-15(8-16)19(21)23)17-6-3-7-18(20)11-22(10-17)9-14-12-25-13-14/h2,4-5,8,14,17-18H,3,6-7,9-13H2,1H3,(H2,21,23)/t17-,18+,20?. The van der Waals surface area contributed by atoms with E-state index in [1.54, 1.807) is 6.07 Å². The van der Waals surface area contributed by atoms with Crippen LogP contribution in [0, 0.1) is 17.8 Å². The summed E-state index contributed by atoms with van der Waals surface area (Å²) in [4.78, 5) is 14.3. The predicted octanol–water partition coefficient (Wildman–Crippen LogP) is 2.01. The molecule has 1 aromatic carbocycles. The molecule has 136 valence electrons. The third kappa shape index (κ3) is 2.88. The van der Waals surface area contributed by atoms with Crippen molar-refractivity contribution >= 4 is 5.91 Å². The predicted molar refractivity (Wildman–Crippen MR) is 95.2 cm³/mol. The minimum Gasteiger partial charge on any atom is -0.381 e. The van der Waals surface area contributed by atoms with Crippen LogP contribution < -0.4 is 5.73 Å². The van der Waals surface area contributed by atoms with E-state index in [2.05, 4.69) is 11.0 Å². The third-order valence-electron chi connectivity index (χ3n) is 6.43. The number of nitrogens with two attached hydrogens (primary N) is 1. The Balaban J connectivity index is 1.64. The second-order valence-corrected chi connectivity index (χ2v) is 7.89. The maximum absolute atomic E-state index is 11.6. The fourth-order valence-corrected chi connectivity index (χ4v) is 5.27. The van der Waals surface area contributed by atoms with E-state index in [1.165, 1.54) is 19.3 Å². The van der Waals surface area contributed by atoms with Gasteiger partial charge in [0.2, 0.25) is 5.91 Å². The van der Waals surface area contributed by atoms with Crippen LogP contribution >= 0.6 is 0 Å². The molecule has 2 aliphatic heterocycles. The number of hydrogen-bond donors (Lipinski definition) is 1. The monoisotopic (exact) mass is 344 g/mol. The summed E-state index contributed by atoms with van der Waals surface area (Å²) in [5, 5.41) is 0. The van der Waals surface area contributed by atoms with Crippen molar-refractivity contribution in [3.8, 4) is 0 Å². The molecule has 2 saturated heterocycles. The number of rotatable bonds is 5. The van der Waals surface area contributed by atoms with Gasteiger partial charge in [-0.05, 0) is 30.5 Å². The number of carbonyl (C=O) groups is 1. The average Bonchev–Trinajstić information content (AvgIpc) is 2.57. The van der Waals surface area contributed by atoms with E-state index >= 15 is 0 Å². The molecule has 0 aromatic heterocycles. The van der Waals surface area contributed by atoms with Gasteiger partial charge in [-0.2, -0.15) is 0 Å². The second-order valence-electron chi connectivity index (χ2n) is 7.89. The molecule has 0 spiro atoms. The van der Waals surface area contributed by atoms with Crippen LogP contribution in [0.2, 0.25) is 0 Å². The van der Waals surface area contributed by atoms with E-state index in [0.29, 0.717) is 23.3 Å². The van der Waals surface area contributed by atoms with E-state index in [4.69, 9.17) is 15.2 Å². The molecule has 3 fully saturated rings. The topological polar surface area (TPSA) is 64.8 Å². The molecule has 0 radical (unpaired) electrons. The van der Waals surface area contributed by atoms with Gasteiger partial charge in [0.05, 0.1) is 13.2 Å². The van der Waals surface area contributed by atoms with Crippen LogP contribution in [0.1, 0.15) is 35.2 Å². The van der Waals surface area contributed by atoms with E-state index in [1.807, 2.05) is 19.2 Å². The van der Waals surface area contributed by atoms with Gasteiger partial charge in [-0.15, -0.1) is 0 Å². The lowest BCUT2D eigenvalue weighted by molar-refractivity contribution is -0.174. The van der Waals surface area contributed by atoms with E-state index in [0.717, 1.165) is 38.4 Å². The number of piperidine rings is 1. The second kappa shape index (κ2) is 6.71. The van der Waals surface area contributed by atoms with Crippen molar-refractivity contribution in [1.29, 1.82) is 0 Å². The van der Waals surface area contributed by atoms with Crippen molar-refractivity contribution in [3.05, 3.63) is 35.4 Å². The molecule has 1 saturated carbocycles. The molecule has 1 aromatic rings. The zero-order valence-corrected chi connectivity index (χ0v) is 14.9. The van der Waals surface area contributed by atoms with Crippen LogP contribution in [0.5, 0.6) is 0 Å². The molecular formula is C20H28N2O3. The maximum Gasteiger partial charge on any atom is 0.248 e. The van der Waals surface area contributed by atoms with Crippen LogP contribution in [0.15, 0.2) is 24.3 Å². The number of carbonyl (C=O) groups excluding carboxylic acids is 1. The Labute approximate surface area is 149 Å². The summed E-state index contributed by atoms with van der Waals surface area (Å²) in [7, 11) is 1.83. The number of fused-ring (bicyclic) bond motifs is 2. The Hall–Kier alpha value is -1.43.